The molecule has 0 fully saturated rings. The number of nitrogens with zero attached hydrogens (tertiary/aromatic N) is 1. The Morgan fingerprint density at radius 3 is 2.89 bits per heavy atom. The van der Waals surface area contributed by atoms with Crippen molar-refractivity contribution in [1.82, 2.24) is 10.3 Å². The lowest BCUT2D eigenvalue weighted by molar-refractivity contribution is -0.142. The van der Waals surface area contributed by atoms with Gasteiger partial charge in [-0.3, -0.25) is 9.78 Å². The van der Waals surface area contributed by atoms with E-state index < -0.39 is 17.9 Å². The van der Waals surface area contributed by atoms with Gasteiger partial charge in [-0.25, -0.2) is 4.79 Å². The quantitative estimate of drug-likeness (QED) is 0.574. The molecule has 3 N–H and O–H groups in total. The van der Waals surface area contributed by atoms with E-state index in [0.717, 1.165) is 0 Å². The maximum Gasteiger partial charge on any atom is 0.328 e. The van der Waals surface area contributed by atoms with Gasteiger partial charge in [0.05, 0.1) is 19.2 Å². The molecule has 1 amide bonds. The maximum atomic E-state index is 11.9. The smallest absolute Gasteiger partial charge is 0.328 e. The van der Waals surface area contributed by atoms with E-state index in [2.05, 4.69) is 26.9 Å². The molecule has 0 aliphatic rings. The van der Waals surface area contributed by atoms with Crippen molar-refractivity contribution in [1.29, 1.82) is 0 Å². The fourth-order valence-electron chi connectivity index (χ4n) is 1.30. The van der Waals surface area contributed by atoms with Crippen molar-refractivity contribution in [2.75, 3.05) is 13.7 Å². The molecule has 0 bridgehead atoms. The summed E-state index contributed by atoms with van der Waals surface area (Å²) in [5.41, 5.74) is 6.17. The zero-order chi connectivity index (χ0) is 14.3. The highest BCUT2D eigenvalue weighted by atomic mass is 16.5. The van der Waals surface area contributed by atoms with Crippen molar-refractivity contribution >= 4 is 11.9 Å². The zero-order valence-electron chi connectivity index (χ0n) is 10.8. The van der Waals surface area contributed by atoms with Gasteiger partial charge in [-0.1, -0.05) is 11.8 Å². The van der Waals surface area contributed by atoms with E-state index in [9.17, 15) is 9.59 Å². The molecule has 0 saturated carbocycles. The number of methoxy groups -OCH3 is 1. The van der Waals surface area contributed by atoms with Crippen LogP contribution >= 0.6 is 0 Å². The minimum absolute atomic E-state index is 0.232. The molecule has 100 valence electrons. The Morgan fingerprint density at radius 2 is 2.26 bits per heavy atom. The molecular weight excluding hydrogens is 246 g/mol. The SMILES string of the molecule is COC(=O)C(C)NC(=O)c1cncc(C#CCN)c1. The summed E-state index contributed by atoms with van der Waals surface area (Å²) in [4.78, 5) is 27.0. The Morgan fingerprint density at radius 1 is 1.53 bits per heavy atom. The number of pyridine rings is 1. The number of amides is 1. The highest BCUT2D eigenvalue weighted by Gasteiger charge is 2.17. The summed E-state index contributed by atoms with van der Waals surface area (Å²) in [5.74, 6) is 4.52. The lowest BCUT2D eigenvalue weighted by Crippen LogP contribution is -2.39. The molecule has 0 saturated heterocycles. The van der Waals surface area contributed by atoms with Crippen LogP contribution in [0.2, 0.25) is 0 Å². The third kappa shape index (κ3) is 4.41. The first-order valence-corrected chi connectivity index (χ1v) is 5.61. The van der Waals surface area contributed by atoms with Crippen LogP contribution in [0.25, 0.3) is 0 Å². The predicted octanol–water partition coefficient (Wildman–Crippen LogP) is -0.317. The van der Waals surface area contributed by atoms with E-state index >= 15 is 0 Å². The second kappa shape index (κ2) is 7.13. The van der Waals surface area contributed by atoms with E-state index in [1.54, 1.807) is 6.07 Å². The number of carbonyl (C=O) groups excluding carboxylic acids is 2. The van der Waals surface area contributed by atoms with Crippen LogP contribution in [-0.2, 0) is 9.53 Å². The molecule has 1 aromatic rings. The Balaban J connectivity index is 2.80. The molecular formula is C13H15N3O3. The van der Waals surface area contributed by atoms with Crippen molar-refractivity contribution in [2.24, 2.45) is 5.73 Å². The molecule has 1 atom stereocenters. The van der Waals surface area contributed by atoms with Crippen molar-refractivity contribution in [2.45, 2.75) is 13.0 Å². The third-order valence-corrected chi connectivity index (χ3v) is 2.24. The van der Waals surface area contributed by atoms with Gasteiger partial charge in [-0.2, -0.15) is 0 Å². The van der Waals surface area contributed by atoms with Crippen LogP contribution in [-0.4, -0.2) is 36.6 Å². The molecule has 0 radical (unpaired) electrons. The van der Waals surface area contributed by atoms with Crippen LogP contribution in [0.3, 0.4) is 0 Å². The van der Waals surface area contributed by atoms with Gasteiger partial charge in [0.2, 0.25) is 0 Å². The van der Waals surface area contributed by atoms with Gasteiger partial charge in [0.25, 0.3) is 5.91 Å². The minimum Gasteiger partial charge on any atom is -0.467 e. The molecule has 6 heteroatoms. The van der Waals surface area contributed by atoms with Gasteiger partial charge in [0.1, 0.15) is 6.04 Å². The van der Waals surface area contributed by atoms with Crippen molar-refractivity contribution in [3.8, 4) is 11.8 Å². The number of nitrogens with two attached hydrogens (primary N) is 1. The molecule has 19 heavy (non-hydrogen) atoms. The van der Waals surface area contributed by atoms with Crippen LogP contribution in [0.1, 0.15) is 22.8 Å². The maximum absolute atomic E-state index is 11.9. The lowest BCUT2D eigenvalue weighted by Gasteiger charge is -2.11. The van der Waals surface area contributed by atoms with Gasteiger partial charge >= 0.3 is 5.97 Å². The van der Waals surface area contributed by atoms with Gasteiger partial charge in [0.15, 0.2) is 0 Å². The Hall–Kier alpha value is -2.39. The van der Waals surface area contributed by atoms with Crippen molar-refractivity contribution in [3.05, 3.63) is 29.6 Å². The first-order valence-electron chi connectivity index (χ1n) is 5.61. The minimum atomic E-state index is -0.726. The number of hydrogen-bond donors (Lipinski definition) is 2. The van der Waals surface area contributed by atoms with Crippen LogP contribution in [0.15, 0.2) is 18.5 Å². The Bertz CT molecular complexity index is 531. The highest BCUT2D eigenvalue weighted by molar-refractivity contribution is 5.96. The largest absolute Gasteiger partial charge is 0.467 e. The van der Waals surface area contributed by atoms with Crippen LogP contribution in [0.5, 0.6) is 0 Å². The number of hydrogen-bond acceptors (Lipinski definition) is 5. The molecule has 0 spiro atoms. The predicted molar refractivity (Wildman–Crippen MR) is 69.1 cm³/mol. The fraction of sp³-hybridized carbons (Fsp3) is 0.308. The molecule has 1 rings (SSSR count). The third-order valence-electron chi connectivity index (χ3n) is 2.24. The summed E-state index contributed by atoms with van der Waals surface area (Å²) < 4.78 is 4.52. The summed E-state index contributed by atoms with van der Waals surface area (Å²) in [6, 6.07) is 0.853. The molecule has 6 nitrogen and oxygen atoms in total. The number of rotatable bonds is 3. The van der Waals surface area contributed by atoms with E-state index in [0.29, 0.717) is 11.1 Å². The first kappa shape index (κ1) is 14.7. The number of ether oxygens (including phenoxy) is 1. The van der Waals surface area contributed by atoms with E-state index in [-0.39, 0.29) is 6.54 Å². The second-order valence-electron chi connectivity index (χ2n) is 3.69. The van der Waals surface area contributed by atoms with Gasteiger partial charge in [-0.05, 0) is 13.0 Å². The van der Waals surface area contributed by atoms with Crippen molar-refractivity contribution in [3.63, 3.8) is 0 Å². The molecule has 0 aromatic carbocycles. The number of nitrogens with one attached hydrogen (secondary N) is 1. The van der Waals surface area contributed by atoms with Crippen LogP contribution < -0.4 is 11.1 Å². The summed E-state index contributed by atoms with van der Waals surface area (Å²) in [6.45, 7) is 1.77. The standard InChI is InChI=1S/C13H15N3O3/c1-9(13(18)19-2)16-12(17)11-6-10(4-3-5-14)7-15-8-11/h6-9H,5,14H2,1-2H3,(H,16,17). The van der Waals surface area contributed by atoms with E-state index in [1.165, 1.54) is 26.4 Å². The van der Waals surface area contributed by atoms with Crippen LogP contribution in [0.4, 0.5) is 0 Å². The monoisotopic (exact) mass is 261 g/mol. The molecule has 1 heterocycles. The van der Waals surface area contributed by atoms with Crippen molar-refractivity contribution < 1.29 is 14.3 Å². The first-order chi connectivity index (χ1) is 9.08. The summed E-state index contributed by atoms with van der Waals surface area (Å²) in [6.07, 6.45) is 2.93. The number of carbonyl (C=O) groups is 2. The van der Waals surface area contributed by atoms with Gasteiger partial charge < -0.3 is 15.8 Å². The molecule has 0 aliphatic heterocycles. The topological polar surface area (TPSA) is 94.3 Å². The number of aromatic nitrogens is 1. The van der Waals surface area contributed by atoms with E-state index in [4.69, 9.17) is 5.73 Å². The zero-order valence-corrected chi connectivity index (χ0v) is 10.8. The highest BCUT2D eigenvalue weighted by Crippen LogP contribution is 2.02. The number of esters is 1. The lowest BCUT2D eigenvalue weighted by atomic mass is 10.2. The normalized spacial score (nSPS) is 10.9. The summed E-state index contributed by atoms with van der Waals surface area (Å²) in [5, 5.41) is 2.50. The van der Waals surface area contributed by atoms with E-state index in [1.807, 2.05) is 0 Å². The van der Waals surface area contributed by atoms with Gasteiger partial charge in [-0.15, -0.1) is 0 Å². The average molecular weight is 261 g/mol. The Kier molecular flexibility index (Phi) is 5.51. The molecule has 1 aromatic heterocycles. The molecule has 1 unspecified atom stereocenters. The van der Waals surface area contributed by atoms with Gasteiger partial charge in [0, 0.05) is 18.0 Å². The fourth-order valence-corrected chi connectivity index (χ4v) is 1.30. The Labute approximate surface area is 111 Å². The second-order valence-corrected chi connectivity index (χ2v) is 3.69. The summed E-state index contributed by atoms with van der Waals surface area (Å²) in [7, 11) is 1.26. The average Bonchev–Trinajstić information content (AvgIpc) is 2.44. The van der Waals surface area contributed by atoms with Crippen LogP contribution in [0, 0.1) is 11.8 Å². The molecule has 0 aliphatic carbocycles. The summed E-state index contributed by atoms with van der Waals surface area (Å²) >= 11 is 0.